The van der Waals surface area contributed by atoms with Gasteiger partial charge in [-0.25, -0.2) is 0 Å². The first kappa shape index (κ1) is 11.0. The van der Waals surface area contributed by atoms with E-state index in [1.807, 2.05) is 0 Å². The number of nitrogens with two attached hydrogens (primary N) is 1. The molecule has 2 aromatic rings. The number of nitrogens with zero attached hydrogens (tertiary/aromatic N) is 2. The van der Waals surface area contributed by atoms with Crippen LogP contribution < -0.4 is 5.73 Å². The number of fused-ring (bicyclic) bond motifs is 1. The molecule has 0 radical (unpaired) electrons. The largest absolute Gasteiger partial charge is 0.330 e. The van der Waals surface area contributed by atoms with Crippen molar-refractivity contribution >= 4 is 11.3 Å². The predicted molar refractivity (Wildman–Crippen MR) is 71.2 cm³/mol. The molecule has 0 bridgehead atoms. The fourth-order valence-electron chi connectivity index (χ4n) is 2.56. The molecule has 0 atom stereocenters. The smallest absolute Gasteiger partial charge is 0.0726 e. The van der Waals surface area contributed by atoms with Gasteiger partial charge in [0.1, 0.15) is 0 Å². The van der Waals surface area contributed by atoms with E-state index in [2.05, 4.69) is 22.2 Å². The average molecular weight is 247 g/mol. The second-order valence-electron chi connectivity index (χ2n) is 4.46. The third-order valence-corrected chi connectivity index (χ3v) is 4.20. The van der Waals surface area contributed by atoms with Crippen molar-refractivity contribution in [2.45, 2.75) is 32.2 Å². The van der Waals surface area contributed by atoms with Gasteiger partial charge in [-0.2, -0.15) is 5.10 Å². The van der Waals surface area contributed by atoms with Crippen LogP contribution in [0.4, 0.5) is 0 Å². The lowest BCUT2D eigenvalue weighted by molar-refractivity contribution is 0.484. The Labute approximate surface area is 105 Å². The van der Waals surface area contributed by atoms with Gasteiger partial charge in [0.05, 0.1) is 5.69 Å². The number of thiophene rings is 1. The predicted octanol–water partition coefficient (Wildman–Crippen LogP) is 2.45. The van der Waals surface area contributed by atoms with Gasteiger partial charge in [0.25, 0.3) is 0 Å². The molecule has 0 saturated heterocycles. The molecule has 0 amide bonds. The maximum atomic E-state index is 5.69. The molecule has 0 aromatic carbocycles. The molecule has 3 rings (SSSR count). The van der Waals surface area contributed by atoms with E-state index in [0.29, 0.717) is 6.54 Å². The van der Waals surface area contributed by atoms with Crippen molar-refractivity contribution in [2.75, 3.05) is 6.54 Å². The number of hydrogen-bond acceptors (Lipinski definition) is 3. The third kappa shape index (κ3) is 1.91. The van der Waals surface area contributed by atoms with E-state index in [-0.39, 0.29) is 0 Å². The summed E-state index contributed by atoms with van der Waals surface area (Å²) in [5.74, 6) is 0. The Morgan fingerprint density at radius 3 is 3.12 bits per heavy atom. The number of rotatable bonds is 3. The van der Waals surface area contributed by atoms with Gasteiger partial charge < -0.3 is 5.73 Å². The summed E-state index contributed by atoms with van der Waals surface area (Å²) in [6, 6.07) is 4.30. The second-order valence-corrected chi connectivity index (χ2v) is 5.41. The zero-order valence-corrected chi connectivity index (χ0v) is 10.7. The maximum Gasteiger partial charge on any atom is 0.0726 e. The molecule has 0 fully saturated rings. The van der Waals surface area contributed by atoms with Gasteiger partial charge in [-0.3, -0.25) is 4.68 Å². The molecule has 0 saturated carbocycles. The topological polar surface area (TPSA) is 43.8 Å². The Bertz CT molecular complexity index is 499. The van der Waals surface area contributed by atoms with Crippen LogP contribution in [0.1, 0.15) is 24.2 Å². The van der Waals surface area contributed by atoms with Crippen LogP contribution in [-0.2, 0) is 19.4 Å². The molecule has 1 aliphatic heterocycles. The van der Waals surface area contributed by atoms with Crippen molar-refractivity contribution in [1.82, 2.24) is 9.78 Å². The van der Waals surface area contributed by atoms with Gasteiger partial charge >= 0.3 is 0 Å². The first-order valence-corrected chi connectivity index (χ1v) is 7.10. The zero-order valence-electron chi connectivity index (χ0n) is 9.85. The monoisotopic (exact) mass is 247 g/mol. The number of hydrogen-bond donors (Lipinski definition) is 1. The Kier molecular flexibility index (Phi) is 2.99. The van der Waals surface area contributed by atoms with Crippen LogP contribution in [0.25, 0.3) is 10.4 Å². The summed E-state index contributed by atoms with van der Waals surface area (Å²) in [6.07, 6.45) is 4.57. The summed E-state index contributed by atoms with van der Waals surface area (Å²) in [6.45, 7) is 1.74. The minimum absolute atomic E-state index is 0.675. The lowest BCUT2D eigenvalue weighted by Crippen LogP contribution is -2.11. The van der Waals surface area contributed by atoms with E-state index >= 15 is 0 Å². The molecule has 0 unspecified atom stereocenters. The van der Waals surface area contributed by atoms with E-state index < -0.39 is 0 Å². The van der Waals surface area contributed by atoms with Gasteiger partial charge in [0, 0.05) is 29.1 Å². The molecular weight excluding hydrogens is 230 g/mol. The Morgan fingerprint density at radius 2 is 2.35 bits per heavy atom. The quantitative estimate of drug-likeness (QED) is 0.905. The van der Waals surface area contributed by atoms with Crippen LogP contribution >= 0.6 is 11.3 Å². The molecule has 90 valence electrons. The van der Waals surface area contributed by atoms with Crippen molar-refractivity contribution in [3.63, 3.8) is 0 Å². The zero-order chi connectivity index (χ0) is 11.7. The molecule has 3 heterocycles. The first-order chi connectivity index (χ1) is 8.40. The van der Waals surface area contributed by atoms with Crippen molar-refractivity contribution in [1.29, 1.82) is 0 Å². The van der Waals surface area contributed by atoms with Crippen LogP contribution in [-0.4, -0.2) is 16.3 Å². The van der Waals surface area contributed by atoms with Gasteiger partial charge in [-0.05, 0) is 37.3 Å². The SMILES string of the molecule is NCCc1nn2c(c1-c1cccs1)CCCC2. The molecule has 0 aliphatic carbocycles. The van der Waals surface area contributed by atoms with Gasteiger partial charge in [0.2, 0.25) is 0 Å². The Hall–Kier alpha value is -1.13. The van der Waals surface area contributed by atoms with Crippen LogP contribution in [0.3, 0.4) is 0 Å². The molecule has 1 aliphatic rings. The molecule has 4 heteroatoms. The highest BCUT2D eigenvalue weighted by atomic mass is 32.1. The van der Waals surface area contributed by atoms with E-state index in [9.17, 15) is 0 Å². The van der Waals surface area contributed by atoms with Crippen LogP contribution in [0, 0.1) is 0 Å². The maximum absolute atomic E-state index is 5.69. The van der Waals surface area contributed by atoms with Crippen LogP contribution in [0.2, 0.25) is 0 Å². The summed E-state index contributed by atoms with van der Waals surface area (Å²) in [5.41, 5.74) is 9.67. The van der Waals surface area contributed by atoms with Crippen LogP contribution in [0.5, 0.6) is 0 Å². The van der Waals surface area contributed by atoms with E-state index in [1.165, 1.54) is 34.7 Å². The third-order valence-electron chi connectivity index (χ3n) is 3.31. The molecular formula is C13H17N3S. The fraction of sp³-hybridized carbons (Fsp3) is 0.462. The summed E-state index contributed by atoms with van der Waals surface area (Å²) >= 11 is 1.80. The van der Waals surface area contributed by atoms with E-state index in [4.69, 9.17) is 10.8 Å². The van der Waals surface area contributed by atoms with Crippen molar-refractivity contribution in [3.8, 4) is 10.4 Å². The number of aromatic nitrogens is 2. The minimum Gasteiger partial charge on any atom is -0.330 e. The lowest BCUT2D eigenvalue weighted by Gasteiger charge is -2.14. The fourth-order valence-corrected chi connectivity index (χ4v) is 3.38. The Balaban J connectivity index is 2.12. The van der Waals surface area contributed by atoms with Gasteiger partial charge in [-0.15, -0.1) is 11.3 Å². The molecule has 2 aromatic heterocycles. The summed E-state index contributed by atoms with van der Waals surface area (Å²) < 4.78 is 2.20. The highest BCUT2D eigenvalue weighted by Gasteiger charge is 2.21. The van der Waals surface area contributed by atoms with Crippen molar-refractivity contribution < 1.29 is 0 Å². The second kappa shape index (κ2) is 4.63. The molecule has 3 nitrogen and oxygen atoms in total. The van der Waals surface area contributed by atoms with E-state index in [0.717, 1.165) is 19.4 Å². The van der Waals surface area contributed by atoms with Gasteiger partial charge in [-0.1, -0.05) is 6.07 Å². The Morgan fingerprint density at radius 1 is 1.41 bits per heavy atom. The summed E-state index contributed by atoms with van der Waals surface area (Å²) in [5, 5.41) is 6.87. The van der Waals surface area contributed by atoms with Crippen molar-refractivity contribution in [3.05, 3.63) is 28.9 Å². The molecule has 17 heavy (non-hydrogen) atoms. The van der Waals surface area contributed by atoms with E-state index in [1.54, 1.807) is 11.3 Å². The summed E-state index contributed by atoms with van der Waals surface area (Å²) in [4.78, 5) is 1.34. The number of aryl methyl sites for hydroxylation is 1. The highest BCUT2D eigenvalue weighted by molar-refractivity contribution is 7.13. The van der Waals surface area contributed by atoms with Crippen LogP contribution in [0.15, 0.2) is 17.5 Å². The first-order valence-electron chi connectivity index (χ1n) is 6.22. The highest BCUT2D eigenvalue weighted by Crippen LogP contribution is 2.34. The van der Waals surface area contributed by atoms with Gasteiger partial charge in [0.15, 0.2) is 0 Å². The van der Waals surface area contributed by atoms with Crippen molar-refractivity contribution in [2.24, 2.45) is 5.73 Å². The average Bonchev–Trinajstić information content (AvgIpc) is 2.94. The minimum atomic E-state index is 0.675. The lowest BCUT2D eigenvalue weighted by atomic mass is 10.0. The molecule has 2 N–H and O–H groups in total. The normalized spacial score (nSPS) is 14.9. The standard InChI is InChI=1S/C13H17N3S/c14-7-6-10-13(12-5-3-9-17-12)11-4-1-2-8-16(11)15-10/h3,5,9H,1-2,4,6-8,14H2. The summed E-state index contributed by atoms with van der Waals surface area (Å²) in [7, 11) is 0. The molecule has 0 spiro atoms.